The average molecular weight is 616 g/mol. The third kappa shape index (κ3) is 6.78. The number of terminal acetylenes is 2. The molecule has 184 valence electrons. The molecule has 12 heteroatoms. The molecule has 0 saturated carbocycles. The number of nitrogens with zero attached hydrogens (tertiary/aromatic N) is 5. The van der Waals surface area contributed by atoms with Gasteiger partial charge in [0.1, 0.15) is 19.5 Å². The first-order valence-corrected chi connectivity index (χ1v) is 11.7. The molecular weight excluding hydrogens is 596 g/mol. The van der Waals surface area contributed by atoms with Crippen LogP contribution in [0, 0.1) is 24.7 Å². The summed E-state index contributed by atoms with van der Waals surface area (Å²) in [6, 6.07) is 7.14. The monoisotopic (exact) mass is 614 g/mol. The van der Waals surface area contributed by atoms with Crippen LogP contribution in [0.1, 0.15) is 11.1 Å². The zero-order valence-electron chi connectivity index (χ0n) is 19.2. The Kier molecular flexibility index (Phi) is 9.74. The second-order valence-corrected chi connectivity index (χ2v) is 8.38. The van der Waals surface area contributed by atoms with E-state index >= 15 is 0 Å². The Balaban J connectivity index is 1.74. The minimum Gasteiger partial charge on any atom is -0.493 e. The van der Waals surface area contributed by atoms with E-state index in [2.05, 4.69) is 69.5 Å². The highest BCUT2D eigenvalue weighted by Crippen LogP contribution is 2.37. The number of halogens is 2. The van der Waals surface area contributed by atoms with Crippen molar-refractivity contribution in [1.29, 1.82) is 0 Å². The molecule has 0 radical (unpaired) electrons. The van der Waals surface area contributed by atoms with E-state index in [4.69, 9.17) is 31.8 Å². The van der Waals surface area contributed by atoms with Gasteiger partial charge in [-0.15, -0.1) is 23.0 Å². The lowest BCUT2D eigenvalue weighted by Crippen LogP contribution is -2.01. The Morgan fingerprint density at radius 1 is 0.944 bits per heavy atom. The SMILES string of the molecule is C#CCOc1c(Br)cc(/C=N\Nc2nncn2/N=C/c2cc(Br)c(OCC#C)c(OC)c2)cc1OC. The molecule has 0 spiro atoms. The minimum absolute atomic E-state index is 0.117. The maximum atomic E-state index is 5.53. The van der Waals surface area contributed by atoms with Gasteiger partial charge in [0.25, 0.3) is 5.95 Å². The summed E-state index contributed by atoms with van der Waals surface area (Å²) in [5.41, 5.74) is 4.28. The van der Waals surface area contributed by atoms with E-state index in [-0.39, 0.29) is 13.2 Å². The quantitative estimate of drug-likeness (QED) is 0.196. The van der Waals surface area contributed by atoms with Gasteiger partial charge in [0, 0.05) is 0 Å². The van der Waals surface area contributed by atoms with Gasteiger partial charge >= 0.3 is 0 Å². The van der Waals surface area contributed by atoms with Crippen LogP contribution in [0.2, 0.25) is 0 Å². The molecule has 1 aromatic heterocycles. The van der Waals surface area contributed by atoms with Crippen LogP contribution in [0.15, 0.2) is 49.7 Å². The number of hydrogen-bond donors (Lipinski definition) is 1. The van der Waals surface area contributed by atoms with Crippen LogP contribution in [0.25, 0.3) is 0 Å². The minimum atomic E-state index is 0.117. The molecule has 0 atom stereocenters. The molecule has 0 bridgehead atoms. The molecule has 3 aromatic rings. The van der Waals surface area contributed by atoms with Gasteiger partial charge in [-0.05, 0) is 67.3 Å². The largest absolute Gasteiger partial charge is 0.493 e. The van der Waals surface area contributed by atoms with Gasteiger partial charge in [0.05, 0.1) is 35.6 Å². The van der Waals surface area contributed by atoms with Crippen molar-refractivity contribution in [1.82, 2.24) is 14.9 Å². The number of methoxy groups -OCH3 is 2. The molecule has 0 aliphatic heterocycles. The smallest absolute Gasteiger partial charge is 0.265 e. The molecule has 0 unspecified atom stereocenters. The molecule has 0 aliphatic rings. The van der Waals surface area contributed by atoms with Crippen molar-refractivity contribution in [2.24, 2.45) is 10.2 Å². The van der Waals surface area contributed by atoms with Crippen LogP contribution < -0.4 is 24.4 Å². The van der Waals surface area contributed by atoms with Crippen molar-refractivity contribution in [3.8, 4) is 47.7 Å². The summed E-state index contributed by atoms with van der Waals surface area (Å²) in [7, 11) is 3.08. The highest BCUT2D eigenvalue weighted by molar-refractivity contribution is 9.11. The van der Waals surface area contributed by atoms with Crippen molar-refractivity contribution in [3.05, 3.63) is 50.7 Å². The van der Waals surface area contributed by atoms with Gasteiger partial charge < -0.3 is 18.9 Å². The van der Waals surface area contributed by atoms with Crippen molar-refractivity contribution in [2.75, 3.05) is 32.9 Å². The van der Waals surface area contributed by atoms with Crippen LogP contribution >= 0.6 is 31.9 Å². The van der Waals surface area contributed by atoms with Gasteiger partial charge in [-0.2, -0.15) is 14.9 Å². The summed E-state index contributed by atoms with van der Waals surface area (Å²) in [6.45, 7) is 0.236. The highest BCUT2D eigenvalue weighted by atomic mass is 79.9. The molecular formula is C24H20Br2N6O4. The van der Waals surface area contributed by atoms with E-state index in [9.17, 15) is 0 Å². The van der Waals surface area contributed by atoms with Gasteiger partial charge in [0.15, 0.2) is 23.0 Å². The number of ether oxygens (including phenoxy) is 4. The lowest BCUT2D eigenvalue weighted by Gasteiger charge is -2.11. The zero-order chi connectivity index (χ0) is 25.9. The fourth-order valence-electron chi connectivity index (χ4n) is 2.82. The summed E-state index contributed by atoms with van der Waals surface area (Å²) in [5, 5.41) is 16.4. The molecule has 1 N–H and O–H groups in total. The van der Waals surface area contributed by atoms with E-state index < -0.39 is 0 Å². The summed E-state index contributed by atoms with van der Waals surface area (Å²) < 4.78 is 24.6. The summed E-state index contributed by atoms with van der Waals surface area (Å²) in [6.07, 6.45) is 15.2. The van der Waals surface area contributed by atoms with Crippen LogP contribution in [0.3, 0.4) is 0 Å². The Labute approximate surface area is 224 Å². The Morgan fingerprint density at radius 2 is 1.50 bits per heavy atom. The van der Waals surface area contributed by atoms with E-state index in [1.807, 2.05) is 12.1 Å². The Morgan fingerprint density at radius 3 is 2.03 bits per heavy atom. The first kappa shape index (κ1) is 26.6. The summed E-state index contributed by atoms with van der Waals surface area (Å²) >= 11 is 6.92. The summed E-state index contributed by atoms with van der Waals surface area (Å²) in [4.78, 5) is 0. The molecule has 0 saturated heterocycles. The first-order valence-electron chi connectivity index (χ1n) is 10.1. The van der Waals surface area contributed by atoms with Crippen LogP contribution in [-0.2, 0) is 0 Å². The van der Waals surface area contributed by atoms with Crippen LogP contribution in [0.5, 0.6) is 23.0 Å². The normalized spacial score (nSPS) is 10.7. The number of benzene rings is 2. The maximum absolute atomic E-state index is 5.53. The van der Waals surface area contributed by atoms with Crippen LogP contribution in [0.4, 0.5) is 5.95 Å². The fraction of sp³-hybridized carbons (Fsp3) is 0.167. The predicted octanol–water partition coefficient (Wildman–Crippen LogP) is 4.17. The topological polar surface area (TPSA) is 104 Å². The molecule has 10 nitrogen and oxygen atoms in total. The standard InChI is InChI=1S/C24H20Br2N6O4/c1-5-7-35-22-18(25)9-16(11-20(22)33-3)13-27-30-24-31-28-15-32(24)29-14-17-10-19(26)23(36-8-6-2)21(12-17)34-4/h1-2,9-15H,7-8H2,3-4H3,(H,30,31)/b27-13-,29-14+. The van der Waals surface area contributed by atoms with Crippen LogP contribution in [-0.4, -0.2) is 54.7 Å². The molecule has 3 rings (SSSR count). The van der Waals surface area contributed by atoms with Gasteiger partial charge in [-0.3, -0.25) is 0 Å². The van der Waals surface area contributed by atoms with E-state index in [1.165, 1.54) is 25.2 Å². The van der Waals surface area contributed by atoms with Gasteiger partial charge in [-0.1, -0.05) is 11.8 Å². The van der Waals surface area contributed by atoms with E-state index in [0.717, 1.165) is 11.1 Å². The predicted molar refractivity (Wildman–Crippen MR) is 144 cm³/mol. The number of anilines is 1. The Hall–Kier alpha value is -4.00. The zero-order valence-corrected chi connectivity index (χ0v) is 22.4. The first-order chi connectivity index (χ1) is 17.5. The lowest BCUT2D eigenvalue weighted by molar-refractivity contribution is 0.329. The third-order valence-corrected chi connectivity index (χ3v) is 5.52. The molecule has 36 heavy (non-hydrogen) atoms. The van der Waals surface area contributed by atoms with Crippen molar-refractivity contribution < 1.29 is 18.9 Å². The average Bonchev–Trinajstić information content (AvgIpc) is 3.32. The number of hydrazone groups is 1. The van der Waals surface area contributed by atoms with Crippen molar-refractivity contribution >= 4 is 50.2 Å². The molecule has 1 heterocycles. The van der Waals surface area contributed by atoms with Gasteiger partial charge in [0.2, 0.25) is 0 Å². The van der Waals surface area contributed by atoms with E-state index in [0.29, 0.717) is 37.9 Å². The van der Waals surface area contributed by atoms with Crippen molar-refractivity contribution in [2.45, 2.75) is 0 Å². The number of nitrogens with one attached hydrogen (secondary N) is 1. The van der Waals surface area contributed by atoms with Gasteiger partial charge in [-0.25, -0.2) is 5.43 Å². The molecule has 2 aromatic carbocycles. The van der Waals surface area contributed by atoms with E-state index in [1.54, 1.807) is 24.6 Å². The number of rotatable bonds is 11. The highest BCUT2D eigenvalue weighted by Gasteiger charge is 2.12. The molecule has 0 aliphatic carbocycles. The second-order valence-electron chi connectivity index (χ2n) is 6.67. The van der Waals surface area contributed by atoms with Crippen molar-refractivity contribution in [3.63, 3.8) is 0 Å². The lowest BCUT2D eigenvalue weighted by atomic mass is 10.2. The fourth-order valence-corrected chi connectivity index (χ4v) is 3.97. The maximum Gasteiger partial charge on any atom is 0.265 e. The third-order valence-electron chi connectivity index (χ3n) is 4.34. The molecule has 0 amide bonds. The summed E-state index contributed by atoms with van der Waals surface area (Å²) in [5.74, 6) is 7.16. The Bertz CT molecular complexity index is 1360. The number of hydrogen-bond acceptors (Lipinski definition) is 9. The number of aromatic nitrogens is 3. The molecule has 0 fully saturated rings. The second kappa shape index (κ2) is 13.2.